The number of hydrogen-bond donors (Lipinski definition) is 2. The van der Waals surface area contributed by atoms with Gasteiger partial charge in [-0.15, -0.1) is 0 Å². The number of hydrogen-bond acceptors (Lipinski definition) is 2. The molecule has 0 spiro atoms. The van der Waals surface area contributed by atoms with Gasteiger partial charge < -0.3 is 15.5 Å². The van der Waals surface area contributed by atoms with Crippen LogP contribution in [0.4, 0.5) is 0 Å². The van der Waals surface area contributed by atoms with E-state index in [0.717, 1.165) is 12.5 Å². The highest BCUT2D eigenvalue weighted by atomic mass is 16.2. The molecular formula is C22H30N4O. The molecule has 0 aliphatic carbocycles. The SMILES string of the molecule is CCNC(=NCC(c1ccccc1)c1ccccc1)NCCC(=O)N(C)C. The molecule has 2 aromatic carbocycles. The minimum Gasteiger partial charge on any atom is -0.357 e. The number of aliphatic imine (C=N–C) groups is 1. The molecule has 0 atom stereocenters. The number of carbonyl (C=O) groups excluding carboxylic acids is 1. The van der Waals surface area contributed by atoms with Crippen molar-refractivity contribution < 1.29 is 4.79 Å². The number of nitrogens with zero attached hydrogens (tertiary/aromatic N) is 2. The molecule has 5 heteroatoms. The average molecular weight is 367 g/mol. The van der Waals surface area contributed by atoms with Crippen LogP contribution >= 0.6 is 0 Å². The minimum atomic E-state index is 0.102. The van der Waals surface area contributed by atoms with E-state index in [-0.39, 0.29) is 11.8 Å². The fourth-order valence-electron chi connectivity index (χ4n) is 2.81. The van der Waals surface area contributed by atoms with Crippen molar-refractivity contribution in [2.24, 2.45) is 4.99 Å². The lowest BCUT2D eigenvalue weighted by molar-refractivity contribution is -0.128. The summed E-state index contributed by atoms with van der Waals surface area (Å²) >= 11 is 0. The van der Waals surface area contributed by atoms with Crippen molar-refractivity contribution in [2.45, 2.75) is 19.3 Å². The summed E-state index contributed by atoms with van der Waals surface area (Å²) in [4.78, 5) is 18.1. The van der Waals surface area contributed by atoms with Gasteiger partial charge >= 0.3 is 0 Å². The van der Waals surface area contributed by atoms with Crippen molar-refractivity contribution in [1.82, 2.24) is 15.5 Å². The summed E-state index contributed by atoms with van der Waals surface area (Å²) in [6, 6.07) is 20.9. The molecule has 0 unspecified atom stereocenters. The molecule has 0 saturated heterocycles. The van der Waals surface area contributed by atoms with Crippen LogP contribution in [0.3, 0.4) is 0 Å². The molecule has 0 radical (unpaired) electrons. The van der Waals surface area contributed by atoms with E-state index < -0.39 is 0 Å². The summed E-state index contributed by atoms with van der Waals surface area (Å²) < 4.78 is 0. The van der Waals surface area contributed by atoms with Crippen molar-refractivity contribution in [2.75, 3.05) is 33.7 Å². The first-order valence-corrected chi connectivity index (χ1v) is 9.44. The highest BCUT2D eigenvalue weighted by molar-refractivity contribution is 5.81. The Morgan fingerprint density at radius 3 is 2.00 bits per heavy atom. The van der Waals surface area contributed by atoms with Gasteiger partial charge in [0.2, 0.25) is 5.91 Å². The molecule has 1 amide bonds. The minimum absolute atomic E-state index is 0.102. The van der Waals surface area contributed by atoms with Gasteiger partial charge in [-0.3, -0.25) is 9.79 Å². The number of amides is 1. The monoisotopic (exact) mass is 366 g/mol. The van der Waals surface area contributed by atoms with E-state index in [1.807, 2.05) is 19.1 Å². The predicted octanol–water partition coefficient (Wildman–Crippen LogP) is 2.85. The van der Waals surface area contributed by atoms with Gasteiger partial charge in [0.1, 0.15) is 0 Å². The average Bonchev–Trinajstić information content (AvgIpc) is 2.69. The first-order valence-electron chi connectivity index (χ1n) is 9.44. The maximum Gasteiger partial charge on any atom is 0.223 e. The number of nitrogens with one attached hydrogen (secondary N) is 2. The smallest absolute Gasteiger partial charge is 0.223 e. The lowest BCUT2D eigenvalue weighted by Crippen LogP contribution is -2.39. The van der Waals surface area contributed by atoms with Gasteiger partial charge in [-0.2, -0.15) is 0 Å². The largest absolute Gasteiger partial charge is 0.357 e. The zero-order valence-corrected chi connectivity index (χ0v) is 16.5. The Labute approximate surface area is 162 Å². The Morgan fingerprint density at radius 1 is 0.963 bits per heavy atom. The summed E-state index contributed by atoms with van der Waals surface area (Å²) in [7, 11) is 3.54. The van der Waals surface area contributed by atoms with Crippen LogP contribution in [0.2, 0.25) is 0 Å². The van der Waals surface area contributed by atoms with Crippen LogP contribution in [0.25, 0.3) is 0 Å². The Hall–Kier alpha value is -2.82. The van der Waals surface area contributed by atoms with Gasteiger partial charge in [0, 0.05) is 39.5 Å². The molecule has 0 saturated carbocycles. The predicted molar refractivity (Wildman–Crippen MR) is 112 cm³/mol. The maximum absolute atomic E-state index is 11.7. The zero-order valence-electron chi connectivity index (χ0n) is 16.5. The normalized spacial score (nSPS) is 11.3. The fraction of sp³-hybridized carbons (Fsp3) is 0.364. The molecule has 0 bridgehead atoms. The van der Waals surface area contributed by atoms with Gasteiger partial charge in [-0.1, -0.05) is 60.7 Å². The van der Waals surface area contributed by atoms with E-state index in [1.165, 1.54) is 11.1 Å². The van der Waals surface area contributed by atoms with Crippen molar-refractivity contribution >= 4 is 11.9 Å². The van der Waals surface area contributed by atoms with E-state index in [2.05, 4.69) is 59.2 Å². The van der Waals surface area contributed by atoms with E-state index in [1.54, 1.807) is 19.0 Å². The summed E-state index contributed by atoms with van der Waals surface area (Å²) in [6.45, 7) is 4.00. The van der Waals surface area contributed by atoms with E-state index in [9.17, 15) is 4.79 Å². The van der Waals surface area contributed by atoms with Crippen LogP contribution < -0.4 is 10.6 Å². The van der Waals surface area contributed by atoms with Crippen LogP contribution in [-0.2, 0) is 4.79 Å². The van der Waals surface area contributed by atoms with Crippen molar-refractivity contribution in [3.63, 3.8) is 0 Å². The second-order valence-corrected chi connectivity index (χ2v) is 6.56. The van der Waals surface area contributed by atoms with Gasteiger partial charge in [-0.25, -0.2) is 0 Å². The second kappa shape index (κ2) is 11.0. The maximum atomic E-state index is 11.7. The lowest BCUT2D eigenvalue weighted by atomic mass is 9.91. The molecule has 2 aromatic rings. The molecule has 0 aliphatic heterocycles. The van der Waals surface area contributed by atoms with E-state index >= 15 is 0 Å². The summed E-state index contributed by atoms with van der Waals surface area (Å²) in [5.41, 5.74) is 2.48. The first kappa shape index (κ1) is 20.5. The Morgan fingerprint density at radius 2 is 1.52 bits per heavy atom. The Bertz CT molecular complexity index is 674. The molecule has 0 aromatic heterocycles. The molecule has 2 rings (SSSR count). The van der Waals surface area contributed by atoms with Crippen LogP contribution in [0.1, 0.15) is 30.4 Å². The number of carbonyl (C=O) groups is 1. The standard InChI is InChI=1S/C22H30N4O/c1-4-23-22(24-16-15-21(27)26(2)3)25-17-20(18-11-7-5-8-12-18)19-13-9-6-10-14-19/h5-14,20H,4,15-17H2,1-3H3,(H2,23,24,25). The Kier molecular flexibility index (Phi) is 8.36. The number of benzene rings is 2. The molecule has 2 N–H and O–H groups in total. The molecule has 27 heavy (non-hydrogen) atoms. The molecular weight excluding hydrogens is 336 g/mol. The summed E-state index contributed by atoms with van der Waals surface area (Å²) in [5.74, 6) is 1.02. The van der Waals surface area contributed by atoms with Crippen LogP contribution in [0, 0.1) is 0 Å². The molecule has 5 nitrogen and oxygen atoms in total. The third kappa shape index (κ3) is 6.77. The Balaban J connectivity index is 2.10. The molecule has 144 valence electrons. The molecule has 0 fully saturated rings. The highest BCUT2D eigenvalue weighted by Crippen LogP contribution is 2.24. The van der Waals surface area contributed by atoms with Crippen molar-refractivity contribution in [3.05, 3.63) is 71.8 Å². The summed E-state index contributed by atoms with van der Waals surface area (Å²) in [5, 5.41) is 6.51. The number of guanidine groups is 1. The summed E-state index contributed by atoms with van der Waals surface area (Å²) in [6.07, 6.45) is 0.443. The molecule has 0 heterocycles. The van der Waals surface area contributed by atoms with Gasteiger partial charge in [0.25, 0.3) is 0 Å². The van der Waals surface area contributed by atoms with E-state index in [0.29, 0.717) is 19.5 Å². The molecule has 0 aliphatic rings. The van der Waals surface area contributed by atoms with Crippen LogP contribution in [-0.4, -0.2) is 50.5 Å². The van der Waals surface area contributed by atoms with Gasteiger partial charge in [0.15, 0.2) is 5.96 Å². The van der Waals surface area contributed by atoms with Crippen LogP contribution in [0.15, 0.2) is 65.7 Å². The van der Waals surface area contributed by atoms with Crippen molar-refractivity contribution in [1.29, 1.82) is 0 Å². The topological polar surface area (TPSA) is 56.7 Å². The van der Waals surface area contributed by atoms with Crippen LogP contribution in [0.5, 0.6) is 0 Å². The fourth-order valence-corrected chi connectivity index (χ4v) is 2.81. The second-order valence-electron chi connectivity index (χ2n) is 6.56. The zero-order chi connectivity index (χ0) is 19.5. The van der Waals surface area contributed by atoms with Gasteiger partial charge in [0.05, 0.1) is 6.54 Å². The highest BCUT2D eigenvalue weighted by Gasteiger charge is 2.14. The quantitative estimate of drug-likeness (QED) is 0.558. The van der Waals surface area contributed by atoms with Crippen molar-refractivity contribution in [3.8, 4) is 0 Å². The lowest BCUT2D eigenvalue weighted by Gasteiger charge is -2.18. The number of rotatable bonds is 8. The third-order valence-electron chi connectivity index (χ3n) is 4.31. The third-order valence-corrected chi connectivity index (χ3v) is 4.31. The van der Waals surface area contributed by atoms with Gasteiger partial charge in [-0.05, 0) is 18.1 Å². The van der Waals surface area contributed by atoms with E-state index in [4.69, 9.17) is 4.99 Å². The first-order chi connectivity index (χ1) is 13.1.